The van der Waals surface area contributed by atoms with Crippen LogP contribution in [0.15, 0.2) is 48.7 Å². The van der Waals surface area contributed by atoms with Crippen molar-refractivity contribution in [2.24, 2.45) is 11.8 Å². The summed E-state index contributed by atoms with van der Waals surface area (Å²) < 4.78 is 16.9. The normalized spacial score (nSPS) is 20.0. The van der Waals surface area contributed by atoms with Crippen LogP contribution in [-0.2, 0) is 20.9 Å². The number of carbonyl (C=O) groups excluding carboxylic acids is 3. The number of carbonyl (C=O) groups is 3. The molecular formula is C42H49N7O6. The van der Waals surface area contributed by atoms with Crippen LogP contribution in [0, 0.1) is 11.8 Å². The number of nitrogens with one attached hydrogen (secondary N) is 3. The molecule has 3 aromatic carbocycles. The van der Waals surface area contributed by atoms with E-state index in [1.54, 1.807) is 4.90 Å². The zero-order valence-electron chi connectivity index (χ0n) is 32.5. The van der Waals surface area contributed by atoms with Gasteiger partial charge in [0.2, 0.25) is 5.91 Å². The van der Waals surface area contributed by atoms with Gasteiger partial charge in [0.05, 0.1) is 42.1 Å². The molecule has 55 heavy (non-hydrogen) atoms. The molecule has 5 aromatic rings. The number of hydrogen-bond donors (Lipinski definition) is 3. The molecule has 0 aliphatic carbocycles. The predicted molar refractivity (Wildman–Crippen MR) is 208 cm³/mol. The van der Waals surface area contributed by atoms with Crippen molar-refractivity contribution in [3.05, 3.63) is 65.9 Å². The number of aromatic amines is 2. The van der Waals surface area contributed by atoms with Gasteiger partial charge >= 0.3 is 12.2 Å². The lowest BCUT2D eigenvalue weighted by Gasteiger charge is -2.29. The van der Waals surface area contributed by atoms with Gasteiger partial charge < -0.3 is 34.4 Å². The van der Waals surface area contributed by atoms with Crippen molar-refractivity contribution in [1.29, 1.82) is 0 Å². The minimum atomic E-state index is -0.699. The maximum absolute atomic E-state index is 13.7. The average molecular weight is 748 g/mol. The number of hydrogen-bond acceptors (Lipinski definition) is 8. The molecule has 0 radical (unpaired) electrons. The number of amides is 3. The van der Waals surface area contributed by atoms with Crippen LogP contribution in [-0.4, -0.2) is 79.7 Å². The SMILES string of the molecule is COC(=O)N[C@H](C(=O)N1CCC[C@H]1c1nc2c(ccc3cc4c(cc32)OCc2cc(-c3cnc([C@@H]5C[C@H](C)CN5C(=O)OC(C)(C)C)[nH]3)ccc2-4)[nH]1)C(C)C. The molecule has 0 unspecified atom stereocenters. The lowest BCUT2D eigenvalue weighted by molar-refractivity contribution is -0.135. The first-order valence-corrected chi connectivity index (χ1v) is 19.2. The van der Waals surface area contributed by atoms with Gasteiger partial charge in [0.15, 0.2) is 0 Å². The summed E-state index contributed by atoms with van der Waals surface area (Å²) in [5.41, 5.74) is 6.20. The van der Waals surface area contributed by atoms with Gasteiger partial charge in [-0.3, -0.25) is 9.69 Å². The number of fused-ring (bicyclic) bond motifs is 6. The molecule has 0 saturated carbocycles. The van der Waals surface area contributed by atoms with E-state index in [0.29, 0.717) is 25.6 Å². The van der Waals surface area contributed by atoms with Gasteiger partial charge in [0.1, 0.15) is 35.6 Å². The number of nitrogens with zero attached hydrogens (tertiary/aromatic N) is 4. The Morgan fingerprint density at radius 3 is 2.58 bits per heavy atom. The van der Waals surface area contributed by atoms with Crippen LogP contribution >= 0.6 is 0 Å². The van der Waals surface area contributed by atoms with Gasteiger partial charge in [-0.1, -0.05) is 39.0 Å². The van der Waals surface area contributed by atoms with E-state index in [1.807, 2.05) is 51.8 Å². The third kappa shape index (κ3) is 6.85. The Bertz CT molecular complexity index is 2300. The standard InChI is InChI=1S/C42H49N7O6/c1-22(2)35(47-40(51)53-7)39(50)48-14-8-9-32(48)38-44-30-13-11-24-17-29-27-12-10-25(16-26(27)21-54-34(29)18-28(24)36(30)46-38)31-19-43-37(45-31)33-15-23(3)20-49(33)41(52)55-42(4,5)6/h10-13,16-19,22-23,32-33,35H,8-9,14-15,20-21H2,1-7H3,(H,43,45)(H,44,46)(H,47,51)/t23-,32-,33-,35-/m0/s1. The first-order chi connectivity index (χ1) is 26.3. The van der Waals surface area contributed by atoms with Crippen molar-refractivity contribution in [2.45, 2.75) is 91.1 Å². The molecule has 3 amide bonds. The van der Waals surface area contributed by atoms with Crippen molar-refractivity contribution in [3.63, 3.8) is 0 Å². The van der Waals surface area contributed by atoms with Gasteiger partial charge in [-0.15, -0.1) is 0 Å². The summed E-state index contributed by atoms with van der Waals surface area (Å²) in [5.74, 6) is 2.36. The van der Waals surface area contributed by atoms with Crippen LogP contribution in [0.3, 0.4) is 0 Å². The second-order valence-corrected chi connectivity index (χ2v) is 16.5. The van der Waals surface area contributed by atoms with E-state index in [1.165, 1.54) is 7.11 Å². The Kier molecular flexibility index (Phi) is 9.21. The fourth-order valence-corrected chi connectivity index (χ4v) is 8.30. The number of likely N-dealkylation sites (tertiary alicyclic amines) is 2. The van der Waals surface area contributed by atoms with E-state index in [-0.39, 0.29) is 30.0 Å². The Labute approximate surface area is 320 Å². The third-order valence-electron chi connectivity index (χ3n) is 11.0. The van der Waals surface area contributed by atoms with Crippen LogP contribution in [0.2, 0.25) is 0 Å². The molecule has 288 valence electrons. The largest absolute Gasteiger partial charge is 0.488 e. The third-order valence-corrected chi connectivity index (χ3v) is 11.0. The summed E-state index contributed by atoms with van der Waals surface area (Å²) in [5, 5.41) is 4.72. The average Bonchev–Trinajstić information content (AvgIpc) is 3.97. The van der Waals surface area contributed by atoms with E-state index in [4.69, 9.17) is 24.2 Å². The second kappa shape index (κ2) is 13.9. The summed E-state index contributed by atoms with van der Waals surface area (Å²) in [6, 6.07) is 13.6. The molecule has 3 aliphatic heterocycles. The number of alkyl carbamates (subject to hydrolysis) is 1. The number of aromatic nitrogens is 4. The van der Waals surface area contributed by atoms with Crippen molar-refractivity contribution >= 4 is 39.9 Å². The molecule has 0 bridgehead atoms. The highest BCUT2D eigenvalue weighted by atomic mass is 16.6. The smallest absolute Gasteiger partial charge is 0.410 e. The Morgan fingerprint density at radius 2 is 1.82 bits per heavy atom. The molecule has 3 aliphatic rings. The Morgan fingerprint density at radius 1 is 1.00 bits per heavy atom. The number of imidazole rings is 2. The highest BCUT2D eigenvalue weighted by molar-refractivity contribution is 6.07. The highest BCUT2D eigenvalue weighted by Gasteiger charge is 2.39. The maximum Gasteiger partial charge on any atom is 0.410 e. The minimum Gasteiger partial charge on any atom is -0.488 e. The fourth-order valence-electron chi connectivity index (χ4n) is 8.30. The van der Waals surface area contributed by atoms with Crippen molar-refractivity contribution in [2.75, 3.05) is 20.2 Å². The fraction of sp³-hybridized carbons (Fsp3) is 0.452. The predicted octanol–water partition coefficient (Wildman–Crippen LogP) is 8.03. The number of methoxy groups -OCH3 is 1. The van der Waals surface area contributed by atoms with E-state index >= 15 is 0 Å². The molecule has 13 heteroatoms. The molecule has 3 N–H and O–H groups in total. The monoisotopic (exact) mass is 747 g/mol. The number of benzene rings is 3. The van der Waals surface area contributed by atoms with E-state index in [2.05, 4.69) is 58.6 Å². The van der Waals surface area contributed by atoms with Crippen molar-refractivity contribution < 1.29 is 28.6 Å². The summed E-state index contributed by atoms with van der Waals surface area (Å²) in [6.45, 7) is 13.2. The van der Waals surface area contributed by atoms with Crippen molar-refractivity contribution in [3.8, 4) is 28.1 Å². The summed E-state index contributed by atoms with van der Waals surface area (Å²) in [4.78, 5) is 59.3. The molecule has 4 atom stereocenters. The Balaban J connectivity index is 1.05. The van der Waals surface area contributed by atoms with Gasteiger partial charge in [-0.05, 0) is 98.2 Å². The number of H-pyrrole nitrogens is 2. The van der Waals surface area contributed by atoms with Gasteiger partial charge in [-0.2, -0.15) is 0 Å². The zero-order valence-corrected chi connectivity index (χ0v) is 32.5. The number of rotatable bonds is 6. The highest BCUT2D eigenvalue weighted by Crippen LogP contribution is 2.43. The molecule has 2 fully saturated rings. The van der Waals surface area contributed by atoms with Crippen LogP contribution in [0.4, 0.5) is 9.59 Å². The lowest BCUT2D eigenvalue weighted by atomic mass is 9.92. The zero-order chi connectivity index (χ0) is 38.8. The lowest BCUT2D eigenvalue weighted by Crippen LogP contribution is -2.51. The topological polar surface area (TPSA) is 155 Å². The second-order valence-electron chi connectivity index (χ2n) is 16.5. The van der Waals surface area contributed by atoms with Crippen LogP contribution < -0.4 is 10.1 Å². The van der Waals surface area contributed by atoms with E-state index in [9.17, 15) is 14.4 Å². The van der Waals surface area contributed by atoms with Gasteiger partial charge in [0.25, 0.3) is 0 Å². The van der Waals surface area contributed by atoms with Crippen LogP contribution in [0.5, 0.6) is 5.75 Å². The van der Waals surface area contributed by atoms with Crippen LogP contribution in [0.25, 0.3) is 44.2 Å². The van der Waals surface area contributed by atoms with Crippen molar-refractivity contribution in [1.82, 2.24) is 35.1 Å². The molecule has 2 saturated heterocycles. The first-order valence-electron chi connectivity index (χ1n) is 19.2. The van der Waals surface area contributed by atoms with E-state index in [0.717, 1.165) is 86.4 Å². The molecule has 0 spiro atoms. The quantitative estimate of drug-likeness (QED) is 0.158. The van der Waals surface area contributed by atoms with Gasteiger partial charge in [-0.25, -0.2) is 19.6 Å². The first kappa shape index (κ1) is 36.4. The van der Waals surface area contributed by atoms with Gasteiger partial charge in [0, 0.05) is 24.0 Å². The molecular weight excluding hydrogens is 699 g/mol. The maximum atomic E-state index is 13.7. The molecule has 13 nitrogen and oxygen atoms in total. The summed E-state index contributed by atoms with van der Waals surface area (Å²) in [7, 11) is 1.30. The van der Waals surface area contributed by atoms with E-state index < -0.39 is 17.7 Å². The molecule has 2 aromatic heterocycles. The molecule has 8 rings (SSSR count). The summed E-state index contributed by atoms with van der Waals surface area (Å²) >= 11 is 0. The minimum absolute atomic E-state index is 0.113. The summed E-state index contributed by atoms with van der Waals surface area (Å²) in [6.07, 6.45) is 3.33. The number of ether oxygens (including phenoxy) is 3. The van der Waals surface area contributed by atoms with Crippen LogP contribution in [0.1, 0.15) is 90.1 Å². The molecule has 5 heterocycles. The Hall–Kier alpha value is -5.59.